The molecule has 0 aliphatic rings. The number of hydrogen-bond acceptors (Lipinski definition) is 5. The number of thiocyanates is 1. The Morgan fingerprint density at radius 1 is 1.62 bits per heavy atom. The van der Waals surface area contributed by atoms with Crippen molar-refractivity contribution >= 4 is 23.1 Å². The fraction of sp³-hybridized carbons (Fsp3) is 0. The normalized spacial score (nSPS) is 9.15. The number of hydrogen-bond donors (Lipinski definition) is 1. The molecule has 0 aliphatic heterocycles. The molecule has 1 aromatic rings. The Balaban J connectivity index is 3.13. The fourth-order valence-corrected chi connectivity index (χ4v) is 1.21. The van der Waals surface area contributed by atoms with Crippen LogP contribution in [0.5, 0.6) is 0 Å². The maximum Gasteiger partial charge on any atom is 0.293 e. The van der Waals surface area contributed by atoms with Crippen LogP contribution >= 0.6 is 11.8 Å². The van der Waals surface area contributed by atoms with Crippen LogP contribution in [0.25, 0.3) is 0 Å². The molecule has 0 fully saturated rings. The average Bonchev–Trinajstić information content (AvgIpc) is 2.08. The van der Waals surface area contributed by atoms with Gasteiger partial charge in [-0.15, -0.1) is 0 Å². The molecule has 1 rings (SSSR count). The topological polar surface area (TPSA) is 93.0 Å². The Labute approximate surface area is 78.3 Å². The van der Waals surface area contributed by atoms with Gasteiger partial charge in [-0.1, -0.05) is 0 Å². The van der Waals surface area contributed by atoms with Gasteiger partial charge in [0.25, 0.3) is 5.69 Å². The number of nitriles is 1. The van der Waals surface area contributed by atoms with E-state index in [1.807, 2.05) is 5.40 Å². The highest BCUT2D eigenvalue weighted by Crippen LogP contribution is 2.27. The van der Waals surface area contributed by atoms with Crippen molar-refractivity contribution in [2.24, 2.45) is 0 Å². The minimum Gasteiger partial charge on any atom is -0.393 e. The first-order valence-corrected chi connectivity index (χ1v) is 4.06. The summed E-state index contributed by atoms with van der Waals surface area (Å²) >= 11 is 0.861. The van der Waals surface area contributed by atoms with Crippen LogP contribution < -0.4 is 5.73 Å². The van der Waals surface area contributed by atoms with E-state index in [1.165, 1.54) is 12.1 Å². The summed E-state index contributed by atoms with van der Waals surface area (Å²) in [7, 11) is 0. The number of thioether (sulfide) groups is 1. The molecule has 0 heterocycles. The van der Waals surface area contributed by atoms with Crippen LogP contribution in [0.15, 0.2) is 23.1 Å². The summed E-state index contributed by atoms with van der Waals surface area (Å²) in [5, 5.41) is 20.6. The van der Waals surface area contributed by atoms with Gasteiger partial charge >= 0.3 is 0 Å². The van der Waals surface area contributed by atoms with Crippen LogP contribution in [-0.4, -0.2) is 4.92 Å². The summed E-state index contributed by atoms with van der Waals surface area (Å²) in [6.07, 6.45) is 0. The van der Waals surface area contributed by atoms with Gasteiger partial charge in [0.1, 0.15) is 11.1 Å². The lowest BCUT2D eigenvalue weighted by molar-refractivity contribution is -0.384. The lowest BCUT2D eigenvalue weighted by atomic mass is 10.3. The van der Waals surface area contributed by atoms with E-state index < -0.39 is 4.92 Å². The second kappa shape index (κ2) is 3.78. The van der Waals surface area contributed by atoms with Crippen LogP contribution in [0, 0.1) is 20.8 Å². The van der Waals surface area contributed by atoms with Crippen LogP contribution in [0.4, 0.5) is 11.4 Å². The van der Waals surface area contributed by atoms with Crippen molar-refractivity contribution in [3.05, 3.63) is 28.3 Å². The lowest BCUT2D eigenvalue weighted by Crippen LogP contribution is -1.94. The highest BCUT2D eigenvalue weighted by Gasteiger charge is 2.11. The number of rotatable bonds is 2. The Morgan fingerprint density at radius 2 is 2.31 bits per heavy atom. The van der Waals surface area contributed by atoms with E-state index in [0.717, 1.165) is 11.8 Å². The molecular weight excluding hydrogens is 190 g/mol. The maximum absolute atomic E-state index is 10.4. The smallest absolute Gasteiger partial charge is 0.293 e. The molecule has 0 aromatic heterocycles. The molecule has 0 amide bonds. The zero-order valence-corrected chi connectivity index (χ0v) is 7.25. The van der Waals surface area contributed by atoms with Crippen molar-refractivity contribution in [3.8, 4) is 5.40 Å². The van der Waals surface area contributed by atoms with Crippen molar-refractivity contribution in [1.82, 2.24) is 0 Å². The SMILES string of the molecule is N#CSc1ccc(N)c([N+](=O)[O-])c1. The molecule has 6 heteroatoms. The van der Waals surface area contributed by atoms with Crippen molar-refractivity contribution < 1.29 is 4.92 Å². The summed E-state index contributed by atoms with van der Waals surface area (Å²) in [4.78, 5) is 10.4. The Bertz CT molecular complexity index is 386. The zero-order valence-electron chi connectivity index (χ0n) is 6.43. The molecule has 13 heavy (non-hydrogen) atoms. The summed E-state index contributed by atoms with van der Waals surface area (Å²) in [6.45, 7) is 0. The molecule has 2 N–H and O–H groups in total. The number of anilines is 1. The predicted molar refractivity (Wildman–Crippen MR) is 49.0 cm³/mol. The number of nitrogen functional groups attached to an aromatic ring is 1. The highest BCUT2D eigenvalue weighted by molar-refractivity contribution is 8.03. The van der Waals surface area contributed by atoms with E-state index in [4.69, 9.17) is 11.0 Å². The number of benzene rings is 1. The predicted octanol–water partition coefficient (Wildman–Crippen LogP) is 1.75. The second-order valence-corrected chi connectivity index (χ2v) is 3.03. The largest absolute Gasteiger partial charge is 0.393 e. The number of nitrogens with zero attached hydrogens (tertiary/aromatic N) is 2. The van der Waals surface area contributed by atoms with E-state index in [0.29, 0.717) is 4.90 Å². The lowest BCUT2D eigenvalue weighted by Gasteiger charge is -1.97. The summed E-state index contributed by atoms with van der Waals surface area (Å²) in [6, 6.07) is 4.26. The molecule has 5 nitrogen and oxygen atoms in total. The summed E-state index contributed by atoms with van der Waals surface area (Å²) in [5.41, 5.74) is 5.29. The molecule has 0 spiro atoms. The third kappa shape index (κ3) is 2.10. The molecule has 0 radical (unpaired) electrons. The standard InChI is InChI=1S/C7H5N3O2S/c8-4-13-5-1-2-6(9)7(3-5)10(11)12/h1-3H,9H2. The van der Waals surface area contributed by atoms with Crippen molar-refractivity contribution in [3.63, 3.8) is 0 Å². The first kappa shape index (κ1) is 9.35. The van der Waals surface area contributed by atoms with Gasteiger partial charge in [0.05, 0.1) is 4.92 Å². The van der Waals surface area contributed by atoms with Gasteiger partial charge in [0.2, 0.25) is 0 Å². The summed E-state index contributed by atoms with van der Waals surface area (Å²) in [5.74, 6) is 0. The van der Waals surface area contributed by atoms with Crippen molar-refractivity contribution in [2.45, 2.75) is 4.90 Å². The average molecular weight is 195 g/mol. The van der Waals surface area contributed by atoms with E-state index in [1.54, 1.807) is 6.07 Å². The van der Waals surface area contributed by atoms with E-state index >= 15 is 0 Å². The molecular formula is C7H5N3O2S. The molecule has 66 valence electrons. The van der Waals surface area contributed by atoms with Crippen molar-refractivity contribution in [2.75, 3.05) is 5.73 Å². The third-order valence-corrected chi connectivity index (χ3v) is 1.94. The zero-order chi connectivity index (χ0) is 9.84. The van der Waals surface area contributed by atoms with E-state index in [-0.39, 0.29) is 11.4 Å². The molecule has 1 aromatic carbocycles. The highest BCUT2D eigenvalue weighted by atomic mass is 32.2. The van der Waals surface area contributed by atoms with Gasteiger partial charge < -0.3 is 5.73 Å². The maximum atomic E-state index is 10.4. The van der Waals surface area contributed by atoms with E-state index in [9.17, 15) is 10.1 Å². The van der Waals surface area contributed by atoms with Crippen LogP contribution in [0.1, 0.15) is 0 Å². The van der Waals surface area contributed by atoms with Gasteiger partial charge in [-0.05, 0) is 23.9 Å². The van der Waals surface area contributed by atoms with E-state index in [2.05, 4.69) is 0 Å². The molecule has 0 saturated carbocycles. The monoisotopic (exact) mass is 195 g/mol. The molecule has 0 aliphatic carbocycles. The number of nitro groups is 1. The Morgan fingerprint density at radius 3 is 2.85 bits per heavy atom. The number of nitrogens with two attached hydrogens (primary N) is 1. The molecule has 0 bridgehead atoms. The van der Waals surface area contributed by atoms with Gasteiger partial charge in [-0.25, -0.2) is 0 Å². The third-order valence-electron chi connectivity index (χ3n) is 1.36. The summed E-state index contributed by atoms with van der Waals surface area (Å²) < 4.78 is 0. The fourth-order valence-electron chi connectivity index (χ4n) is 0.798. The molecule has 0 atom stereocenters. The molecule has 0 unspecified atom stereocenters. The molecule has 0 saturated heterocycles. The second-order valence-electron chi connectivity index (χ2n) is 2.17. The quantitative estimate of drug-likeness (QED) is 0.255. The van der Waals surface area contributed by atoms with Gasteiger partial charge in [0.15, 0.2) is 0 Å². The van der Waals surface area contributed by atoms with Crippen LogP contribution in [0.2, 0.25) is 0 Å². The Kier molecular flexibility index (Phi) is 2.72. The van der Waals surface area contributed by atoms with Gasteiger partial charge in [-0.2, -0.15) is 5.26 Å². The first-order chi connectivity index (χ1) is 6.15. The number of nitro benzene ring substituents is 1. The van der Waals surface area contributed by atoms with Gasteiger partial charge in [0, 0.05) is 11.0 Å². The first-order valence-electron chi connectivity index (χ1n) is 3.25. The minimum absolute atomic E-state index is 0.104. The minimum atomic E-state index is -0.573. The van der Waals surface area contributed by atoms with Crippen LogP contribution in [-0.2, 0) is 0 Å². The Hall–Kier alpha value is -1.74. The van der Waals surface area contributed by atoms with Gasteiger partial charge in [-0.3, -0.25) is 10.1 Å². The van der Waals surface area contributed by atoms with Crippen LogP contribution in [0.3, 0.4) is 0 Å². The van der Waals surface area contributed by atoms with Crippen molar-refractivity contribution in [1.29, 1.82) is 5.26 Å².